The summed E-state index contributed by atoms with van der Waals surface area (Å²) in [5, 5.41) is 11.6. The Balaban J connectivity index is 2.19. The number of fused-ring (bicyclic) bond motifs is 1. The van der Waals surface area contributed by atoms with Gasteiger partial charge in [-0.05, 0) is 20.9 Å². The molecule has 0 aliphatic rings. The van der Waals surface area contributed by atoms with Crippen molar-refractivity contribution in [3.63, 3.8) is 0 Å². The van der Waals surface area contributed by atoms with Gasteiger partial charge in [-0.2, -0.15) is 0 Å². The second-order valence-electron chi connectivity index (χ2n) is 5.13. The molecule has 0 aliphatic carbocycles. The lowest BCUT2D eigenvalue weighted by Crippen LogP contribution is -2.36. The molecule has 5 nitrogen and oxygen atoms in total. The van der Waals surface area contributed by atoms with Crippen molar-refractivity contribution < 1.29 is 5.11 Å². The van der Waals surface area contributed by atoms with Crippen LogP contribution in [0, 0.1) is 0 Å². The van der Waals surface area contributed by atoms with Gasteiger partial charge in [0.05, 0.1) is 11.3 Å². The maximum absolute atomic E-state index is 11.8. The van der Waals surface area contributed by atoms with E-state index >= 15 is 0 Å². The van der Waals surface area contributed by atoms with E-state index in [1.807, 2.05) is 17.3 Å². The first kappa shape index (κ1) is 13.2. The number of rotatable bonds is 4. The van der Waals surface area contributed by atoms with E-state index in [0.29, 0.717) is 18.1 Å². The van der Waals surface area contributed by atoms with Crippen molar-refractivity contribution in [2.24, 2.45) is 0 Å². The highest BCUT2D eigenvalue weighted by molar-refractivity contribution is 7.15. The van der Waals surface area contributed by atoms with Crippen LogP contribution in [0.15, 0.2) is 22.4 Å². The van der Waals surface area contributed by atoms with Crippen LogP contribution in [0.4, 0.5) is 0 Å². The van der Waals surface area contributed by atoms with Crippen LogP contribution in [-0.2, 0) is 6.54 Å². The Bertz CT molecular complexity index is 597. The van der Waals surface area contributed by atoms with Gasteiger partial charge in [0, 0.05) is 30.7 Å². The summed E-state index contributed by atoms with van der Waals surface area (Å²) in [7, 11) is 1.90. The molecule has 0 saturated carbocycles. The largest absolute Gasteiger partial charge is 0.389 e. The van der Waals surface area contributed by atoms with Crippen LogP contribution in [-0.4, -0.2) is 38.6 Å². The molecule has 2 heterocycles. The van der Waals surface area contributed by atoms with Crippen LogP contribution in [0.5, 0.6) is 0 Å². The van der Waals surface area contributed by atoms with Crippen molar-refractivity contribution >= 4 is 16.3 Å². The van der Waals surface area contributed by atoms with E-state index in [0.717, 1.165) is 5.69 Å². The van der Waals surface area contributed by atoms with Gasteiger partial charge in [-0.1, -0.05) is 0 Å². The molecule has 0 saturated heterocycles. The molecule has 2 rings (SSSR count). The lowest BCUT2D eigenvalue weighted by molar-refractivity contribution is 0.0422. The summed E-state index contributed by atoms with van der Waals surface area (Å²) in [4.78, 5) is 18.9. The van der Waals surface area contributed by atoms with Gasteiger partial charge in [-0.25, -0.2) is 4.98 Å². The standard InChI is InChI=1S/C12H17N3O2S/c1-12(2,17)8-14(3)7-9-6-10(16)15-4-5-18-11(15)13-9/h4-6,17H,7-8H2,1-3H3. The first-order chi connectivity index (χ1) is 8.35. The minimum Gasteiger partial charge on any atom is -0.389 e. The first-order valence-electron chi connectivity index (χ1n) is 5.72. The van der Waals surface area contributed by atoms with Gasteiger partial charge in [-0.15, -0.1) is 11.3 Å². The topological polar surface area (TPSA) is 57.8 Å². The van der Waals surface area contributed by atoms with Crippen molar-refractivity contribution in [1.82, 2.24) is 14.3 Å². The van der Waals surface area contributed by atoms with Crippen LogP contribution in [0.3, 0.4) is 0 Å². The average molecular weight is 267 g/mol. The molecule has 18 heavy (non-hydrogen) atoms. The predicted octanol–water partition coefficient (Wildman–Crippen LogP) is 0.959. The average Bonchev–Trinajstić information content (AvgIpc) is 2.62. The number of thiazole rings is 1. The lowest BCUT2D eigenvalue weighted by Gasteiger charge is -2.24. The third-order valence-electron chi connectivity index (χ3n) is 2.45. The van der Waals surface area contributed by atoms with Crippen LogP contribution >= 0.6 is 11.3 Å². The highest BCUT2D eigenvalue weighted by Gasteiger charge is 2.16. The van der Waals surface area contributed by atoms with E-state index in [1.165, 1.54) is 15.7 Å². The molecule has 0 unspecified atom stereocenters. The number of hydrogen-bond donors (Lipinski definition) is 1. The number of hydrogen-bond acceptors (Lipinski definition) is 5. The van der Waals surface area contributed by atoms with Crippen LogP contribution < -0.4 is 5.56 Å². The minimum absolute atomic E-state index is 0.0621. The van der Waals surface area contributed by atoms with Gasteiger partial charge < -0.3 is 5.11 Å². The van der Waals surface area contributed by atoms with Crippen molar-refractivity contribution in [3.8, 4) is 0 Å². The van der Waals surface area contributed by atoms with Gasteiger partial charge in [0.15, 0.2) is 4.96 Å². The van der Waals surface area contributed by atoms with Crippen LogP contribution in [0.1, 0.15) is 19.5 Å². The molecule has 0 aliphatic heterocycles. The fraction of sp³-hybridized carbons (Fsp3) is 0.500. The summed E-state index contributed by atoms with van der Waals surface area (Å²) in [6.07, 6.45) is 1.72. The summed E-state index contributed by atoms with van der Waals surface area (Å²) in [6.45, 7) is 4.59. The van der Waals surface area contributed by atoms with Gasteiger partial charge in [0.1, 0.15) is 0 Å². The smallest absolute Gasteiger partial charge is 0.258 e. The molecule has 0 atom stereocenters. The Morgan fingerprint density at radius 3 is 2.94 bits per heavy atom. The highest BCUT2D eigenvalue weighted by atomic mass is 32.1. The van der Waals surface area contributed by atoms with Crippen molar-refractivity contribution in [3.05, 3.63) is 33.7 Å². The predicted molar refractivity (Wildman–Crippen MR) is 72.0 cm³/mol. The molecule has 98 valence electrons. The Kier molecular flexibility index (Phi) is 3.52. The number of nitrogens with zero attached hydrogens (tertiary/aromatic N) is 3. The summed E-state index contributed by atoms with van der Waals surface area (Å²) >= 11 is 1.44. The fourth-order valence-corrected chi connectivity index (χ4v) is 2.70. The maximum Gasteiger partial charge on any atom is 0.258 e. The van der Waals surface area contributed by atoms with Gasteiger partial charge >= 0.3 is 0 Å². The van der Waals surface area contributed by atoms with E-state index in [1.54, 1.807) is 26.1 Å². The number of likely N-dealkylation sites (N-methyl/N-ethyl adjacent to an activating group) is 1. The van der Waals surface area contributed by atoms with Crippen molar-refractivity contribution in [2.45, 2.75) is 26.0 Å². The van der Waals surface area contributed by atoms with Crippen molar-refractivity contribution in [1.29, 1.82) is 0 Å². The Hall–Kier alpha value is -1.24. The molecule has 0 bridgehead atoms. The maximum atomic E-state index is 11.8. The van der Waals surface area contributed by atoms with Gasteiger partial charge in [0.25, 0.3) is 5.56 Å². The summed E-state index contributed by atoms with van der Waals surface area (Å²) in [6, 6.07) is 1.54. The molecule has 2 aromatic rings. The summed E-state index contributed by atoms with van der Waals surface area (Å²) in [5.41, 5.74) is -0.0845. The molecule has 0 fully saturated rings. The molecular weight excluding hydrogens is 250 g/mol. The zero-order chi connectivity index (χ0) is 13.3. The van der Waals surface area contributed by atoms with E-state index in [4.69, 9.17) is 0 Å². The fourth-order valence-electron chi connectivity index (χ4n) is 1.96. The third-order valence-corrected chi connectivity index (χ3v) is 3.20. The summed E-state index contributed by atoms with van der Waals surface area (Å²) < 4.78 is 1.53. The second-order valence-corrected chi connectivity index (χ2v) is 6.00. The van der Waals surface area contributed by atoms with Gasteiger partial charge in [0.2, 0.25) is 0 Å². The third kappa shape index (κ3) is 3.16. The molecule has 0 radical (unpaired) electrons. The van der Waals surface area contributed by atoms with Gasteiger partial charge in [-0.3, -0.25) is 14.1 Å². The first-order valence-corrected chi connectivity index (χ1v) is 6.60. The zero-order valence-electron chi connectivity index (χ0n) is 10.8. The lowest BCUT2D eigenvalue weighted by atomic mass is 10.1. The summed E-state index contributed by atoms with van der Waals surface area (Å²) in [5.74, 6) is 0. The molecular formula is C12H17N3O2S. The van der Waals surface area contributed by atoms with E-state index in [9.17, 15) is 9.90 Å². The molecule has 1 N–H and O–H groups in total. The molecule has 0 aromatic carbocycles. The molecule has 2 aromatic heterocycles. The number of aliphatic hydroxyl groups is 1. The molecule has 0 spiro atoms. The van der Waals surface area contributed by atoms with E-state index in [2.05, 4.69) is 4.98 Å². The molecule has 0 amide bonds. The van der Waals surface area contributed by atoms with E-state index < -0.39 is 5.60 Å². The quantitative estimate of drug-likeness (QED) is 0.896. The second kappa shape index (κ2) is 4.79. The van der Waals surface area contributed by atoms with Crippen LogP contribution in [0.25, 0.3) is 4.96 Å². The highest BCUT2D eigenvalue weighted by Crippen LogP contribution is 2.09. The Morgan fingerprint density at radius 1 is 1.56 bits per heavy atom. The monoisotopic (exact) mass is 267 g/mol. The Morgan fingerprint density at radius 2 is 2.28 bits per heavy atom. The minimum atomic E-state index is -0.753. The zero-order valence-corrected chi connectivity index (χ0v) is 11.6. The molecule has 6 heteroatoms. The number of aromatic nitrogens is 2. The van der Waals surface area contributed by atoms with Crippen LogP contribution in [0.2, 0.25) is 0 Å². The SMILES string of the molecule is CN(Cc1cc(=O)n2ccsc2n1)CC(C)(C)O. The Labute approximate surface area is 109 Å². The normalized spacial score (nSPS) is 12.5. The van der Waals surface area contributed by atoms with Crippen molar-refractivity contribution in [2.75, 3.05) is 13.6 Å². The van der Waals surface area contributed by atoms with E-state index in [-0.39, 0.29) is 5.56 Å².